The molecule has 1 rings (SSSR count). The van der Waals surface area contributed by atoms with Gasteiger partial charge in [0.2, 0.25) is 0 Å². The van der Waals surface area contributed by atoms with E-state index in [1.54, 1.807) is 6.92 Å². The number of ether oxygens (including phenoxy) is 1. The van der Waals surface area contributed by atoms with E-state index < -0.39 is 6.04 Å². The molecule has 4 nitrogen and oxygen atoms in total. The number of halogens is 1. The van der Waals surface area contributed by atoms with Crippen molar-refractivity contribution in [2.75, 3.05) is 7.11 Å². The van der Waals surface area contributed by atoms with Crippen molar-refractivity contribution in [2.45, 2.75) is 13.0 Å². The van der Waals surface area contributed by atoms with Crippen LogP contribution in [0.5, 0.6) is 11.5 Å². The van der Waals surface area contributed by atoms with Gasteiger partial charge in [0.1, 0.15) is 0 Å². The normalized spacial score (nSPS) is 12.3. The molecule has 1 aromatic rings. The van der Waals surface area contributed by atoms with Crippen LogP contribution in [0.2, 0.25) is 0 Å². The van der Waals surface area contributed by atoms with Crippen LogP contribution in [-0.4, -0.2) is 24.0 Å². The largest absolute Gasteiger partial charge is 0.503 e. The zero-order chi connectivity index (χ0) is 11.6. The fraction of sp³-hybridized carbons (Fsp3) is 0.300. The predicted octanol–water partition coefficient (Wildman–Crippen LogP) is 1.69. The van der Waals surface area contributed by atoms with Gasteiger partial charge in [0.15, 0.2) is 17.3 Å². The Morgan fingerprint density at radius 3 is 2.67 bits per heavy atom. The first kappa shape index (κ1) is 12.0. The lowest BCUT2D eigenvalue weighted by molar-refractivity contribution is 0.0967. The number of ketones is 1. The number of Topliss-reactive ketones (excluding diaryl/α,β-unsaturated/α-hetero) is 1. The molecule has 0 aromatic heterocycles. The molecule has 0 aliphatic carbocycles. The van der Waals surface area contributed by atoms with Crippen LogP contribution in [0.4, 0.5) is 0 Å². The van der Waals surface area contributed by atoms with E-state index in [0.717, 1.165) is 0 Å². The molecule has 0 fully saturated rings. The number of benzene rings is 1. The van der Waals surface area contributed by atoms with E-state index in [1.165, 1.54) is 19.2 Å². The van der Waals surface area contributed by atoms with Gasteiger partial charge in [0, 0.05) is 5.56 Å². The molecular formula is C10H12BrNO3. The molecule has 0 amide bonds. The lowest BCUT2D eigenvalue weighted by Gasteiger charge is -2.09. The number of phenolic OH excluding ortho intramolecular Hbond substituents is 1. The second-order valence-electron chi connectivity index (χ2n) is 3.16. The Bertz CT molecular complexity index is 390. The van der Waals surface area contributed by atoms with E-state index in [4.69, 9.17) is 10.5 Å². The Morgan fingerprint density at radius 2 is 2.20 bits per heavy atom. The summed E-state index contributed by atoms with van der Waals surface area (Å²) >= 11 is 3.13. The summed E-state index contributed by atoms with van der Waals surface area (Å²) in [6.45, 7) is 1.61. The van der Waals surface area contributed by atoms with Crippen LogP contribution in [0.25, 0.3) is 0 Å². The molecule has 1 aromatic carbocycles. The van der Waals surface area contributed by atoms with Gasteiger partial charge in [-0.1, -0.05) is 0 Å². The molecule has 0 aliphatic heterocycles. The highest BCUT2D eigenvalue weighted by atomic mass is 79.9. The van der Waals surface area contributed by atoms with Crippen LogP contribution < -0.4 is 10.5 Å². The van der Waals surface area contributed by atoms with Crippen molar-refractivity contribution in [1.82, 2.24) is 0 Å². The minimum Gasteiger partial charge on any atom is -0.503 e. The van der Waals surface area contributed by atoms with Crippen LogP contribution >= 0.6 is 15.9 Å². The number of carbonyl (C=O) groups excluding carboxylic acids is 1. The molecule has 0 saturated carbocycles. The van der Waals surface area contributed by atoms with Gasteiger partial charge in [-0.15, -0.1) is 0 Å². The van der Waals surface area contributed by atoms with Crippen molar-refractivity contribution >= 4 is 21.7 Å². The van der Waals surface area contributed by atoms with E-state index in [9.17, 15) is 9.90 Å². The standard InChI is InChI=1S/C10H12BrNO3/c1-5(12)9(13)6-3-7(11)10(14)8(4-6)15-2/h3-5,14H,12H2,1-2H3. The van der Waals surface area contributed by atoms with Crippen LogP contribution in [0.15, 0.2) is 16.6 Å². The maximum absolute atomic E-state index is 11.6. The van der Waals surface area contributed by atoms with Gasteiger partial charge in [0.05, 0.1) is 17.6 Å². The van der Waals surface area contributed by atoms with Crippen LogP contribution in [-0.2, 0) is 0 Å². The van der Waals surface area contributed by atoms with Gasteiger partial charge in [-0.3, -0.25) is 4.79 Å². The second-order valence-corrected chi connectivity index (χ2v) is 4.02. The average molecular weight is 274 g/mol. The fourth-order valence-corrected chi connectivity index (χ4v) is 1.58. The Morgan fingerprint density at radius 1 is 1.60 bits per heavy atom. The number of phenols is 1. The second kappa shape index (κ2) is 4.63. The summed E-state index contributed by atoms with van der Waals surface area (Å²) in [5, 5.41) is 9.53. The van der Waals surface area contributed by atoms with E-state index in [2.05, 4.69) is 15.9 Å². The number of carbonyl (C=O) groups is 1. The zero-order valence-corrected chi connectivity index (χ0v) is 10.0. The average Bonchev–Trinajstić information content (AvgIpc) is 2.20. The molecule has 82 valence electrons. The summed E-state index contributed by atoms with van der Waals surface area (Å²) in [6, 6.07) is 2.40. The van der Waals surface area contributed by atoms with Gasteiger partial charge in [0.25, 0.3) is 0 Å². The van der Waals surface area contributed by atoms with Gasteiger partial charge in [-0.05, 0) is 35.0 Å². The van der Waals surface area contributed by atoms with E-state index in [-0.39, 0.29) is 17.3 Å². The first-order valence-electron chi connectivity index (χ1n) is 4.33. The molecule has 1 atom stereocenters. The topological polar surface area (TPSA) is 72.5 Å². The quantitative estimate of drug-likeness (QED) is 0.823. The summed E-state index contributed by atoms with van der Waals surface area (Å²) in [7, 11) is 1.42. The summed E-state index contributed by atoms with van der Waals surface area (Å²) in [5.74, 6) is 0.0149. The molecule has 0 bridgehead atoms. The van der Waals surface area contributed by atoms with E-state index >= 15 is 0 Å². The predicted molar refractivity (Wildman–Crippen MR) is 60.3 cm³/mol. The third kappa shape index (κ3) is 2.49. The van der Waals surface area contributed by atoms with Crippen LogP contribution in [0.3, 0.4) is 0 Å². The zero-order valence-electron chi connectivity index (χ0n) is 8.45. The van der Waals surface area contributed by atoms with Gasteiger partial charge in [-0.25, -0.2) is 0 Å². The van der Waals surface area contributed by atoms with Crippen molar-refractivity contribution in [3.05, 3.63) is 22.2 Å². The Balaban J connectivity index is 3.22. The molecule has 0 radical (unpaired) electrons. The Labute approximate surface area is 96.2 Å². The van der Waals surface area contributed by atoms with Crippen LogP contribution in [0.1, 0.15) is 17.3 Å². The van der Waals surface area contributed by atoms with Gasteiger partial charge < -0.3 is 15.6 Å². The third-order valence-electron chi connectivity index (χ3n) is 1.95. The minimum absolute atomic E-state index is 0.0290. The third-order valence-corrected chi connectivity index (χ3v) is 2.55. The number of aromatic hydroxyl groups is 1. The number of rotatable bonds is 3. The van der Waals surface area contributed by atoms with Crippen molar-refractivity contribution in [1.29, 1.82) is 0 Å². The monoisotopic (exact) mass is 273 g/mol. The lowest BCUT2D eigenvalue weighted by Crippen LogP contribution is -2.26. The van der Waals surface area contributed by atoms with Crippen LogP contribution in [0, 0.1) is 0 Å². The summed E-state index contributed by atoms with van der Waals surface area (Å²) in [6.07, 6.45) is 0. The maximum Gasteiger partial charge on any atom is 0.179 e. The highest BCUT2D eigenvalue weighted by molar-refractivity contribution is 9.10. The molecule has 15 heavy (non-hydrogen) atoms. The molecule has 0 heterocycles. The highest BCUT2D eigenvalue weighted by Gasteiger charge is 2.15. The summed E-state index contributed by atoms with van der Waals surface area (Å²) < 4.78 is 5.33. The molecule has 0 spiro atoms. The first-order valence-corrected chi connectivity index (χ1v) is 5.13. The van der Waals surface area contributed by atoms with Gasteiger partial charge in [-0.2, -0.15) is 0 Å². The summed E-state index contributed by atoms with van der Waals surface area (Å²) in [4.78, 5) is 11.6. The summed E-state index contributed by atoms with van der Waals surface area (Å²) in [5.41, 5.74) is 5.89. The number of hydrogen-bond acceptors (Lipinski definition) is 4. The number of nitrogens with two attached hydrogens (primary N) is 1. The number of hydrogen-bond donors (Lipinski definition) is 2. The van der Waals surface area contributed by atoms with Gasteiger partial charge >= 0.3 is 0 Å². The van der Waals surface area contributed by atoms with Crippen molar-refractivity contribution in [3.63, 3.8) is 0 Å². The molecule has 0 saturated heterocycles. The van der Waals surface area contributed by atoms with E-state index in [0.29, 0.717) is 10.0 Å². The number of methoxy groups -OCH3 is 1. The molecule has 3 N–H and O–H groups in total. The van der Waals surface area contributed by atoms with E-state index in [1.807, 2.05) is 0 Å². The highest BCUT2D eigenvalue weighted by Crippen LogP contribution is 2.35. The fourth-order valence-electron chi connectivity index (χ4n) is 1.13. The Hall–Kier alpha value is -1.07. The molecule has 5 heteroatoms. The van der Waals surface area contributed by atoms with Crippen molar-refractivity contribution < 1.29 is 14.6 Å². The minimum atomic E-state index is -0.578. The lowest BCUT2D eigenvalue weighted by atomic mass is 10.1. The Kier molecular flexibility index (Phi) is 3.71. The maximum atomic E-state index is 11.6. The SMILES string of the molecule is COc1cc(C(=O)C(C)N)cc(Br)c1O. The van der Waals surface area contributed by atoms with Crippen molar-refractivity contribution in [2.24, 2.45) is 5.73 Å². The molecule has 0 aliphatic rings. The smallest absolute Gasteiger partial charge is 0.179 e. The molecule has 1 unspecified atom stereocenters. The first-order chi connectivity index (χ1) is 6.97. The molecular weight excluding hydrogens is 262 g/mol. The van der Waals surface area contributed by atoms with Crippen molar-refractivity contribution in [3.8, 4) is 11.5 Å².